The highest BCUT2D eigenvalue weighted by atomic mass is 16.3. The van der Waals surface area contributed by atoms with Gasteiger partial charge >= 0.3 is 0 Å². The SMILES string of the molecule is O=C(c1ccc(-n2cccn2)cc1)N(CCO)C1CCC1. The van der Waals surface area contributed by atoms with Crippen LogP contribution in [0.5, 0.6) is 0 Å². The molecule has 0 aliphatic heterocycles. The third kappa shape index (κ3) is 2.83. The van der Waals surface area contributed by atoms with Crippen molar-refractivity contribution in [2.45, 2.75) is 25.3 Å². The molecule has 0 spiro atoms. The second-order valence-corrected chi connectivity index (χ2v) is 5.30. The first-order valence-corrected chi connectivity index (χ1v) is 7.31. The van der Waals surface area contributed by atoms with Gasteiger partial charge in [-0.3, -0.25) is 4.79 Å². The Morgan fingerprint density at radius 1 is 1.33 bits per heavy atom. The Labute approximate surface area is 123 Å². The van der Waals surface area contributed by atoms with Crippen molar-refractivity contribution >= 4 is 5.91 Å². The van der Waals surface area contributed by atoms with Crippen LogP contribution in [0.4, 0.5) is 0 Å². The molecule has 5 heteroatoms. The second kappa shape index (κ2) is 6.10. The Morgan fingerprint density at radius 2 is 2.10 bits per heavy atom. The molecule has 1 heterocycles. The van der Waals surface area contributed by atoms with Crippen LogP contribution in [-0.4, -0.2) is 44.9 Å². The zero-order valence-corrected chi connectivity index (χ0v) is 11.9. The van der Waals surface area contributed by atoms with E-state index in [1.54, 1.807) is 15.8 Å². The molecule has 0 atom stereocenters. The number of carbonyl (C=O) groups is 1. The molecule has 1 aliphatic rings. The van der Waals surface area contributed by atoms with Crippen molar-refractivity contribution in [3.8, 4) is 5.69 Å². The summed E-state index contributed by atoms with van der Waals surface area (Å²) in [6, 6.07) is 9.56. The third-order valence-corrected chi connectivity index (χ3v) is 4.00. The second-order valence-electron chi connectivity index (χ2n) is 5.30. The molecule has 3 rings (SSSR count). The van der Waals surface area contributed by atoms with E-state index >= 15 is 0 Å². The zero-order chi connectivity index (χ0) is 14.7. The molecule has 1 N–H and O–H groups in total. The number of benzene rings is 1. The van der Waals surface area contributed by atoms with Gasteiger partial charge in [-0.1, -0.05) is 0 Å². The van der Waals surface area contributed by atoms with Crippen LogP contribution in [0.25, 0.3) is 5.69 Å². The van der Waals surface area contributed by atoms with E-state index in [1.807, 2.05) is 36.5 Å². The number of aromatic nitrogens is 2. The average molecular weight is 285 g/mol. The molecule has 21 heavy (non-hydrogen) atoms. The maximum atomic E-state index is 12.6. The van der Waals surface area contributed by atoms with Gasteiger partial charge < -0.3 is 10.0 Å². The monoisotopic (exact) mass is 285 g/mol. The largest absolute Gasteiger partial charge is 0.395 e. The van der Waals surface area contributed by atoms with Crippen LogP contribution in [0, 0.1) is 0 Å². The minimum atomic E-state index is 0.000709. The van der Waals surface area contributed by atoms with Crippen molar-refractivity contribution in [2.75, 3.05) is 13.2 Å². The summed E-state index contributed by atoms with van der Waals surface area (Å²) < 4.78 is 1.76. The van der Waals surface area contributed by atoms with Crippen LogP contribution >= 0.6 is 0 Å². The molecule has 1 aromatic heterocycles. The van der Waals surface area contributed by atoms with Crippen molar-refractivity contribution in [1.29, 1.82) is 0 Å². The van der Waals surface area contributed by atoms with E-state index in [2.05, 4.69) is 5.10 Å². The first kappa shape index (κ1) is 13.8. The molecule has 0 saturated heterocycles. The van der Waals surface area contributed by atoms with E-state index in [0.29, 0.717) is 12.1 Å². The van der Waals surface area contributed by atoms with Crippen molar-refractivity contribution < 1.29 is 9.90 Å². The number of amides is 1. The molecule has 1 amide bonds. The van der Waals surface area contributed by atoms with Crippen LogP contribution in [0.3, 0.4) is 0 Å². The maximum absolute atomic E-state index is 12.6. The number of aliphatic hydroxyl groups excluding tert-OH is 1. The molecule has 1 saturated carbocycles. The summed E-state index contributed by atoms with van der Waals surface area (Å²) in [7, 11) is 0. The summed E-state index contributed by atoms with van der Waals surface area (Å²) in [5.74, 6) is 0.000709. The van der Waals surface area contributed by atoms with E-state index < -0.39 is 0 Å². The van der Waals surface area contributed by atoms with Gasteiger partial charge in [0.2, 0.25) is 0 Å². The first-order chi connectivity index (χ1) is 10.3. The standard InChI is InChI=1S/C16H19N3O2/c20-12-11-18(14-3-1-4-14)16(21)13-5-7-15(8-6-13)19-10-2-9-17-19/h2,5-10,14,20H,1,3-4,11-12H2. The number of hydrogen-bond donors (Lipinski definition) is 1. The summed E-state index contributed by atoms with van der Waals surface area (Å²) in [5, 5.41) is 13.3. The zero-order valence-electron chi connectivity index (χ0n) is 11.9. The van der Waals surface area contributed by atoms with E-state index in [4.69, 9.17) is 5.11 Å². The quantitative estimate of drug-likeness (QED) is 0.912. The summed E-state index contributed by atoms with van der Waals surface area (Å²) in [4.78, 5) is 14.4. The summed E-state index contributed by atoms with van der Waals surface area (Å²) >= 11 is 0. The fraction of sp³-hybridized carbons (Fsp3) is 0.375. The summed E-state index contributed by atoms with van der Waals surface area (Å²) in [6.45, 7) is 0.415. The van der Waals surface area contributed by atoms with Crippen molar-refractivity contribution in [1.82, 2.24) is 14.7 Å². The molecule has 0 bridgehead atoms. The Kier molecular flexibility index (Phi) is 4.01. The molecule has 1 aromatic carbocycles. The molecule has 0 unspecified atom stereocenters. The Balaban J connectivity index is 1.77. The van der Waals surface area contributed by atoms with Crippen molar-refractivity contribution in [3.63, 3.8) is 0 Å². The summed E-state index contributed by atoms with van der Waals surface area (Å²) in [6.07, 6.45) is 6.83. The minimum absolute atomic E-state index is 0.000709. The first-order valence-electron chi connectivity index (χ1n) is 7.31. The lowest BCUT2D eigenvalue weighted by Crippen LogP contribution is -2.45. The van der Waals surface area contributed by atoms with Gasteiger partial charge in [-0.05, 0) is 49.6 Å². The lowest BCUT2D eigenvalue weighted by molar-refractivity contribution is 0.0526. The third-order valence-electron chi connectivity index (χ3n) is 4.00. The predicted octanol–water partition coefficient (Wildman–Crippen LogP) is 1.86. The van der Waals surface area contributed by atoms with Gasteiger partial charge in [-0.25, -0.2) is 4.68 Å². The Hall–Kier alpha value is -2.14. The Morgan fingerprint density at radius 3 is 2.62 bits per heavy atom. The molecule has 110 valence electrons. The van der Waals surface area contributed by atoms with E-state index in [1.165, 1.54) is 0 Å². The van der Waals surface area contributed by atoms with Gasteiger partial charge in [0.25, 0.3) is 5.91 Å². The fourth-order valence-electron chi connectivity index (χ4n) is 2.60. The molecule has 1 fully saturated rings. The molecule has 1 aliphatic carbocycles. The van der Waals surface area contributed by atoms with E-state index in [-0.39, 0.29) is 18.6 Å². The molecular formula is C16H19N3O2. The van der Waals surface area contributed by atoms with Crippen LogP contribution < -0.4 is 0 Å². The lowest BCUT2D eigenvalue weighted by atomic mass is 9.91. The highest BCUT2D eigenvalue weighted by molar-refractivity contribution is 5.94. The van der Waals surface area contributed by atoms with Crippen LogP contribution in [-0.2, 0) is 0 Å². The molecule has 0 radical (unpaired) electrons. The topological polar surface area (TPSA) is 58.4 Å². The summed E-state index contributed by atoms with van der Waals surface area (Å²) in [5.41, 5.74) is 1.58. The van der Waals surface area contributed by atoms with Gasteiger partial charge in [-0.15, -0.1) is 0 Å². The van der Waals surface area contributed by atoms with Crippen molar-refractivity contribution in [2.24, 2.45) is 0 Å². The van der Waals surface area contributed by atoms with Gasteiger partial charge in [0.1, 0.15) is 0 Å². The highest BCUT2D eigenvalue weighted by Gasteiger charge is 2.28. The van der Waals surface area contributed by atoms with Gasteiger partial charge in [-0.2, -0.15) is 5.10 Å². The number of aliphatic hydroxyl groups is 1. The number of rotatable bonds is 5. The van der Waals surface area contributed by atoms with Crippen molar-refractivity contribution in [3.05, 3.63) is 48.3 Å². The van der Waals surface area contributed by atoms with Crippen LogP contribution in [0.2, 0.25) is 0 Å². The van der Waals surface area contributed by atoms with Gasteiger partial charge in [0, 0.05) is 30.5 Å². The predicted molar refractivity (Wildman–Crippen MR) is 79.3 cm³/mol. The normalized spacial score (nSPS) is 14.7. The average Bonchev–Trinajstić information content (AvgIpc) is 2.98. The Bertz CT molecular complexity index is 588. The smallest absolute Gasteiger partial charge is 0.254 e. The van der Waals surface area contributed by atoms with Crippen LogP contribution in [0.1, 0.15) is 29.6 Å². The minimum Gasteiger partial charge on any atom is -0.395 e. The van der Waals surface area contributed by atoms with Gasteiger partial charge in [0.05, 0.1) is 12.3 Å². The fourth-order valence-corrected chi connectivity index (χ4v) is 2.60. The lowest BCUT2D eigenvalue weighted by Gasteiger charge is -2.37. The van der Waals surface area contributed by atoms with E-state index in [0.717, 1.165) is 24.9 Å². The number of nitrogens with zero attached hydrogens (tertiary/aromatic N) is 3. The maximum Gasteiger partial charge on any atom is 0.254 e. The van der Waals surface area contributed by atoms with Crippen LogP contribution in [0.15, 0.2) is 42.7 Å². The van der Waals surface area contributed by atoms with E-state index in [9.17, 15) is 4.79 Å². The van der Waals surface area contributed by atoms with Gasteiger partial charge in [0.15, 0.2) is 0 Å². The molecular weight excluding hydrogens is 266 g/mol. The number of carbonyl (C=O) groups excluding carboxylic acids is 1. The number of hydrogen-bond acceptors (Lipinski definition) is 3. The highest BCUT2D eigenvalue weighted by Crippen LogP contribution is 2.26. The molecule has 2 aromatic rings. The molecule has 5 nitrogen and oxygen atoms in total.